The molecule has 18 heavy (non-hydrogen) atoms. The van der Waals surface area contributed by atoms with Crippen LogP contribution >= 0.6 is 0 Å². The molecule has 6 heteroatoms. The van der Waals surface area contributed by atoms with Crippen LogP contribution in [0.5, 0.6) is 17.4 Å². The van der Waals surface area contributed by atoms with Crippen LogP contribution in [0.25, 0.3) is 0 Å². The number of rotatable bonds is 4. The monoisotopic (exact) mass is 250 g/mol. The molecule has 6 nitrogen and oxygen atoms in total. The highest BCUT2D eigenvalue weighted by atomic mass is 16.7. The minimum atomic E-state index is -1.83. The fourth-order valence-corrected chi connectivity index (χ4v) is 1.36. The van der Waals surface area contributed by atoms with Crippen molar-refractivity contribution < 1.29 is 29.3 Å². The Bertz CT molecular complexity index is 546. The number of benzene rings is 1. The maximum Gasteiger partial charge on any atom is 0.286 e. The summed E-state index contributed by atoms with van der Waals surface area (Å²) >= 11 is 0. The summed E-state index contributed by atoms with van der Waals surface area (Å²) in [6.07, 6.45) is -0.512. The summed E-state index contributed by atoms with van der Waals surface area (Å²) in [4.78, 5) is 11.8. The van der Waals surface area contributed by atoms with Crippen LogP contribution in [-0.4, -0.2) is 27.4 Å². The van der Waals surface area contributed by atoms with Gasteiger partial charge >= 0.3 is 0 Å². The molecule has 1 unspecified atom stereocenters. The topological polar surface area (TPSA) is 100 Å². The Morgan fingerprint density at radius 3 is 2.67 bits per heavy atom. The van der Waals surface area contributed by atoms with Gasteiger partial charge in [0.15, 0.2) is 11.5 Å². The molecule has 0 radical (unpaired) electrons. The lowest BCUT2D eigenvalue weighted by molar-refractivity contribution is -0.0151. The summed E-state index contributed by atoms with van der Waals surface area (Å²) in [6, 6.07) is 6.77. The van der Waals surface area contributed by atoms with E-state index < -0.39 is 23.6 Å². The number of carbonyl (C=O) groups is 1. The van der Waals surface area contributed by atoms with Crippen LogP contribution in [0.15, 0.2) is 41.0 Å². The first-order valence-corrected chi connectivity index (χ1v) is 5.03. The number of aliphatic hydroxyl groups is 1. The number of hydrogen-bond acceptors (Lipinski definition) is 6. The Balaban J connectivity index is 2.18. The second kappa shape index (κ2) is 4.80. The van der Waals surface area contributed by atoms with Crippen LogP contribution in [0.4, 0.5) is 0 Å². The van der Waals surface area contributed by atoms with E-state index in [4.69, 9.17) is 9.15 Å². The number of phenolic OH excluding ortho intramolecular Hbond substituents is 2. The summed E-state index contributed by atoms with van der Waals surface area (Å²) in [7, 11) is 0. The molecule has 0 aliphatic heterocycles. The molecule has 1 aromatic carbocycles. The number of ketones is 1. The molecule has 3 N–H and O–H groups in total. The highest BCUT2D eigenvalue weighted by molar-refractivity contribution is 6.01. The summed E-state index contributed by atoms with van der Waals surface area (Å²) in [5.41, 5.74) is -0.242. The molecule has 0 fully saturated rings. The Morgan fingerprint density at radius 1 is 1.22 bits per heavy atom. The zero-order valence-corrected chi connectivity index (χ0v) is 9.11. The summed E-state index contributed by atoms with van der Waals surface area (Å²) in [6.45, 7) is 0. The van der Waals surface area contributed by atoms with Crippen molar-refractivity contribution >= 4 is 5.78 Å². The number of furan rings is 1. The highest BCUT2D eigenvalue weighted by Crippen LogP contribution is 2.29. The first kappa shape index (κ1) is 12.0. The zero-order chi connectivity index (χ0) is 13.1. The van der Waals surface area contributed by atoms with E-state index >= 15 is 0 Å². The molecule has 1 heterocycles. The number of aromatic hydroxyl groups is 2. The lowest BCUT2D eigenvalue weighted by Crippen LogP contribution is -2.26. The van der Waals surface area contributed by atoms with Gasteiger partial charge in [-0.3, -0.25) is 4.79 Å². The van der Waals surface area contributed by atoms with Crippen LogP contribution in [0.2, 0.25) is 0 Å². The Hall–Kier alpha value is -2.47. The van der Waals surface area contributed by atoms with Crippen LogP contribution < -0.4 is 4.74 Å². The number of phenols is 2. The van der Waals surface area contributed by atoms with E-state index in [0.29, 0.717) is 0 Å². The quantitative estimate of drug-likeness (QED) is 0.429. The van der Waals surface area contributed by atoms with Gasteiger partial charge in [0.05, 0.1) is 11.8 Å². The van der Waals surface area contributed by atoms with Gasteiger partial charge in [0.25, 0.3) is 12.2 Å². The number of Topliss-reactive ketones (excluding diaryl/α,β-unsaturated/α-hetero) is 1. The van der Waals surface area contributed by atoms with Crippen LogP contribution in [-0.2, 0) is 0 Å². The van der Waals surface area contributed by atoms with E-state index in [2.05, 4.69) is 0 Å². The zero-order valence-electron chi connectivity index (χ0n) is 9.11. The molecule has 1 atom stereocenters. The maximum atomic E-state index is 11.8. The predicted molar refractivity (Wildman–Crippen MR) is 59.4 cm³/mol. The molecule has 1 aromatic heterocycles. The van der Waals surface area contributed by atoms with Gasteiger partial charge in [-0.05, 0) is 18.2 Å². The van der Waals surface area contributed by atoms with E-state index in [-0.39, 0.29) is 11.5 Å². The standard InChI is InChI=1S/C12H10O6/c13-8-4-1-3-7(10(8)14)11(15)12(16)18-9-5-2-6-17-9/h1-6,12-14,16H. The van der Waals surface area contributed by atoms with E-state index in [1.54, 1.807) is 0 Å². The van der Waals surface area contributed by atoms with Crippen molar-refractivity contribution in [2.45, 2.75) is 6.29 Å². The molecular weight excluding hydrogens is 240 g/mol. The molecular formula is C12H10O6. The van der Waals surface area contributed by atoms with E-state index in [0.717, 1.165) is 0 Å². The van der Waals surface area contributed by atoms with Crippen LogP contribution in [0, 0.1) is 0 Å². The predicted octanol–water partition coefficient (Wildman–Crippen LogP) is 1.27. The first-order chi connectivity index (χ1) is 8.59. The fourth-order valence-electron chi connectivity index (χ4n) is 1.36. The third-order valence-electron chi connectivity index (χ3n) is 2.23. The van der Waals surface area contributed by atoms with Crippen molar-refractivity contribution in [2.75, 3.05) is 0 Å². The number of hydrogen-bond donors (Lipinski definition) is 3. The summed E-state index contributed by atoms with van der Waals surface area (Å²) in [5, 5.41) is 28.3. The largest absolute Gasteiger partial charge is 0.504 e. The number of ether oxygens (including phenoxy) is 1. The average molecular weight is 250 g/mol. The second-order valence-electron chi connectivity index (χ2n) is 3.44. The van der Waals surface area contributed by atoms with Gasteiger partial charge in [-0.15, -0.1) is 0 Å². The van der Waals surface area contributed by atoms with Crippen molar-refractivity contribution in [1.29, 1.82) is 0 Å². The molecule has 0 bridgehead atoms. The lowest BCUT2D eigenvalue weighted by atomic mass is 10.1. The van der Waals surface area contributed by atoms with E-state index in [9.17, 15) is 20.1 Å². The first-order valence-electron chi connectivity index (χ1n) is 5.03. The van der Waals surface area contributed by atoms with E-state index in [1.165, 1.54) is 36.6 Å². The molecule has 94 valence electrons. The van der Waals surface area contributed by atoms with E-state index in [1.807, 2.05) is 0 Å². The number of aliphatic hydroxyl groups excluding tert-OH is 1. The third kappa shape index (κ3) is 2.28. The minimum Gasteiger partial charge on any atom is -0.504 e. The van der Waals surface area contributed by atoms with Gasteiger partial charge in [0.1, 0.15) is 0 Å². The SMILES string of the molecule is O=C(c1cccc(O)c1O)C(O)Oc1ccco1. The molecule has 0 aliphatic carbocycles. The Labute approximate surface area is 102 Å². The second-order valence-corrected chi connectivity index (χ2v) is 3.44. The molecule has 0 amide bonds. The molecule has 2 aromatic rings. The van der Waals surface area contributed by atoms with Crippen LogP contribution in [0.1, 0.15) is 10.4 Å². The van der Waals surface area contributed by atoms with Gasteiger partial charge in [-0.2, -0.15) is 0 Å². The third-order valence-corrected chi connectivity index (χ3v) is 2.23. The van der Waals surface area contributed by atoms with Crippen molar-refractivity contribution in [3.05, 3.63) is 42.2 Å². The minimum absolute atomic E-state index is 0.0320. The molecule has 0 aliphatic rings. The normalized spacial score (nSPS) is 12.1. The smallest absolute Gasteiger partial charge is 0.286 e. The number of para-hydroxylation sites is 1. The van der Waals surface area contributed by atoms with Crippen molar-refractivity contribution in [3.63, 3.8) is 0 Å². The van der Waals surface area contributed by atoms with Gasteiger partial charge in [0.2, 0.25) is 5.78 Å². The van der Waals surface area contributed by atoms with Gasteiger partial charge < -0.3 is 24.5 Å². The summed E-state index contributed by atoms with van der Waals surface area (Å²) < 4.78 is 9.61. The maximum absolute atomic E-state index is 11.8. The Kier molecular flexibility index (Phi) is 3.20. The Morgan fingerprint density at radius 2 is 2.00 bits per heavy atom. The van der Waals surface area contributed by atoms with Crippen molar-refractivity contribution in [3.8, 4) is 17.4 Å². The molecule has 2 rings (SSSR count). The summed E-state index contributed by atoms with van der Waals surface area (Å²) in [5.74, 6) is -1.98. The van der Waals surface area contributed by atoms with Crippen molar-refractivity contribution in [1.82, 2.24) is 0 Å². The molecule has 0 saturated carbocycles. The van der Waals surface area contributed by atoms with Crippen LogP contribution in [0.3, 0.4) is 0 Å². The molecule has 0 saturated heterocycles. The lowest BCUT2D eigenvalue weighted by Gasteiger charge is -2.11. The van der Waals surface area contributed by atoms with Gasteiger partial charge in [0, 0.05) is 6.07 Å². The van der Waals surface area contributed by atoms with Gasteiger partial charge in [-0.25, -0.2) is 0 Å². The van der Waals surface area contributed by atoms with Gasteiger partial charge in [-0.1, -0.05) is 6.07 Å². The average Bonchev–Trinajstić information content (AvgIpc) is 2.84. The number of carbonyl (C=O) groups excluding carboxylic acids is 1. The highest BCUT2D eigenvalue weighted by Gasteiger charge is 2.24. The van der Waals surface area contributed by atoms with Crippen molar-refractivity contribution in [2.24, 2.45) is 0 Å². The molecule has 0 spiro atoms. The fraction of sp³-hybridized carbons (Fsp3) is 0.0833.